The number of rotatable bonds is 2. The molecule has 0 radical (unpaired) electrons. The van der Waals surface area contributed by atoms with Crippen molar-refractivity contribution in [1.29, 1.82) is 0 Å². The molecule has 3 heterocycles. The van der Waals surface area contributed by atoms with E-state index in [4.69, 9.17) is 21.1 Å². The molecule has 0 amide bonds. The van der Waals surface area contributed by atoms with E-state index in [9.17, 15) is 4.79 Å². The average molecular weight is 451 g/mol. The number of allylic oxidation sites excluding steroid dienone is 1. The van der Waals surface area contributed by atoms with Crippen molar-refractivity contribution in [3.05, 3.63) is 80.6 Å². The summed E-state index contributed by atoms with van der Waals surface area (Å²) in [6.45, 7) is 0.174. The van der Waals surface area contributed by atoms with Gasteiger partial charge < -0.3 is 20.1 Å². The van der Waals surface area contributed by atoms with Gasteiger partial charge in [0.15, 0.2) is 17.3 Å². The molecular weight excluding hydrogens is 432 g/mol. The summed E-state index contributed by atoms with van der Waals surface area (Å²) in [5.74, 6) is 1.58. The van der Waals surface area contributed by atoms with E-state index in [1.54, 1.807) is 17.4 Å². The molecule has 31 heavy (non-hydrogen) atoms. The van der Waals surface area contributed by atoms with Crippen LogP contribution in [0.4, 0.5) is 11.4 Å². The van der Waals surface area contributed by atoms with Crippen molar-refractivity contribution < 1.29 is 14.3 Å². The number of para-hydroxylation sites is 2. The lowest BCUT2D eigenvalue weighted by atomic mass is 9.80. The largest absolute Gasteiger partial charge is 0.454 e. The summed E-state index contributed by atoms with van der Waals surface area (Å²) in [6.07, 6.45) is 1.26. The Morgan fingerprint density at radius 2 is 1.81 bits per heavy atom. The Morgan fingerprint density at radius 3 is 2.61 bits per heavy atom. The molecule has 0 saturated carbocycles. The topological polar surface area (TPSA) is 59.6 Å². The standard InChI is InChI=1S/C24H19ClN2O3S/c25-15-11-21-20(29-12-30-21)10-14(15)24-23-18(26-16-4-1-2-5-17(16)27-24)8-13(9-19(23)28)22-6-3-7-31-22/h1-7,10-11,13,24,26-27H,8-9,12H2/t13-,24+/m1/s1. The fourth-order valence-electron chi connectivity index (χ4n) is 4.60. The van der Waals surface area contributed by atoms with Crippen molar-refractivity contribution in [2.45, 2.75) is 24.8 Å². The first-order chi connectivity index (χ1) is 15.2. The SMILES string of the molecule is O=C1C[C@H](c2cccs2)CC2=C1[C@H](c1cc3c(cc1Cl)OCO3)Nc1ccccc1N2. The third kappa shape index (κ3) is 3.18. The summed E-state index contributed by atoms with van der Waals surface area (Å²) in [7, 11) is 0. The quantitative estimate of drug-likeness (QED) is 0.493. The molecule has 0 spiro atoms. The van der Waals surface area contributed by atoms with Crippen LogP contribution >= 0.6 is 22.9 Å². The van der Waals surface area contributed by atoms with Crippen LogP contribution in [0.3, 0.4) is 0 Å². The summed E-state index contributed by atoms with van der Waals surface area (Å²) >= 11 is 8.39. The van der Waals surface area contributed by atoms with E-state index in [2.05, 4.69) is 22.1 Å². The number of thiophene rings is 1. The van der Waals surface area contributed by atoms with E-state index in [1.165, 1.54) is 4.88 Å². The zero-order valence-corrected chi connectivity index (χ0v) is 18.1. The van der Waals surface area contributed by atoms with Crippen molar-refractivity contribution in [1.82, 2.24) is 0 Å². The molecule has 156 valence electrons. The Kier molecular flexibility index (Phi) is 4.44. The van der Waals surface area contributed by atoms with Gasteiger partial charge in [-0.1, -0.05) is 29.8 Å². The van der Waals surface area contributed by atoms with E-state index >= 15 is 0 Å². The highest BCUT2D eigenvalue weighted by atomic mass is 35.5. The van der Waals surface area contributed by atoms with Gasteiger partial charge in [0.25, 0.3) is 0 Å². The molecule has 2 aliphatic heterocycles. The molecule has 0 unspecified atom stereocenters. The van der Waals surface area contributed by atoms with Crippen LogP contribution in [0.5, 0.6) is 11.5 Å². The molecule has 0 fully saturated rings. The Bertz CT molecular complexity index is 1220. The molecule has 6 rings (SSSR count). The van der Waals surface area contributed by atoms with Crippen molar-refractivity contribution in [3.63, 3.8) is 0 Å². The third-order valence-electron chi connectivity index (χ3n) is 6.06. The zero-order chi connectivity index (χ0) is 20.9. The molecule has 0 saturated heterocycles. The van der Waals surface area contributed by atoms with Crippen LogP contribution in [0.15, 0.2) is 65.2 Å². The lowest BCUT2D eigenvalue weighted by Gasteiger charge is -2.29. The number of nitrogens with one attached hydrogen (secondary N) is 2. The Morgan fingerprint density at radius 1 is 1.00 bits per heavy atom. The number of fused-ring (bicyclic) bond motifs is 2. The van der Waals surface area contributed by atoms with Crippen LogP contribution in [-0.2, 0) is 4.79 Å². The lowest BCUT2D eigenvalue weighted by Crippen LogP contribution is -2.26. The highest BCUT2D eigenvalue weighted by Gasteiger charge is 2.37. The minimum Gasteiger partial charge on any atom is -0.454 e. The maximum absolute atomic E-state index is 13.5. The predicted molar refractivity (Wildman–Crippen MR) is 122 cm³/mol. The normalized spacial score (nSPS) is 21.6. The van der Waals surface area contributed by atoms with Gasteiger partial charge in [0.2, 0.25) is 6.79 Å². The van der Waals surface area contributed by atoms with Gasteiger partial charge in [-0.3, -0.25) is 4.79 Å². The summed E-state index contributed by atoms with van der Waals surface area (Å²) in [6, 6.07) is 15.4. The smallest absolute Gasteiger partial charge is 0.231 e. The van der Waals surface area contributed by atoms with Gasteiger partial charge in [0.1, 0.15) is 0 Å². The van der Waals surface area contributed by atoms with Crippen molar-refractivity contribution in [2.75, 3.05) is 17.4 Å². The fourth-order valence-corrected chi connectivity index (χ4v) is 5.70. The molecule has 2 N–H and O–H groups in total. The average Bonchev–Trinajstić information content (AvgIpc) is 3.42. The first-order valence-corrected chi connectivity index (χ1v) is 11.4. The second kappa shape index (κ2) is 7.32. The monoisotopic (exact) mass is 450 g/mol. The first-order valence-electron chi connectivity index (χ1n) is 10.2. The molecule has 2 aromatic carbocycles. The second-order valence-corrected chi connectivity index (χ2v) is 9.30. The van der Waals surface area contributed by atoms with E-state index in [-0.39, 0.29) is 24.5 Å². The number of carbonyl (C=O) groups is 1. The highest BCUT2D eigenvalue weighted by molar-refractivity contribution is 7.10. The maximum Gasteiger partial charge on any atom is 0.231 e. The van der Waals surface area contributed by atoms with Crippen LogP contribution in [0, 0.1) is 0 Å². The number of benzene rings is 2. The van der Waals surface area contributed by atoms with Gasteiger partial charge in [-0.15, -0.1) is 11.3 Å². The summed E-state index contributed by atoms with van der Waals surface area (Å²) < 4.78 is 11.1. The van der Waals surface area contributed by atoms with Crippen LogP contribution < -0.4 is 20.1 Å². The van der Waals surface area contributed by atoms with E-state index in [0.29, 0.717) is 22.9 Å². The highest BCUT2D eigenvalue weighted by Crippen LogP contribution is 2.48. The van der Waals surface area contributed by atoms with Crippen LogP contribution in [-0.4, -0.2) is 12.6 Å². The van der Waals surface area contributed by atoms with Gasteiger partial charge in [0, 0.05) is 40.1 Å². The number of ether oxygens (including phenoxy) is 2. The summed E-state index contributed by atoms with van der Waals surface area (Å²) in [5, 5.41) is 9.73. The Labute approximate surface area is 188 Å². The number of carbonyl (C=O) groups excluding carboxylic acids is 1. The van der Waals surface area contributed by atoms with E-state index in [1.807, 2.05) is 36.4 Å². The van der Waals surface area contributed by atoms with Crippen molar-refractivity contribution in [3.8, 4) is 11.5 Å². The number of ketones is 1. The van der Waals surface area contributed by atoms with Gasteiger partial charge in [-0.25, -0.2) is 0 Å². The van der Waals surface area contributed by atoms with Crippen molar-refractivity contribution in [2.24, 2.45) is 0 Å². The van der Waals surface area contributed by atoms with Gasteiger partial charge in [-0.05, 0) is 36.1 Å². The molecule has 0 bridgehead atoms. The Balaban J connectivity index is 1.50. The number of hydrogen-bond donors (Lipinski definition) is 2. The summed E-state index contributed by atoms with van der Waals surface area (Å²) in [5.41, 5.74) is 4.38. The molecule has 1 aromatic heterocycles. The number of hydrogen-bond acceptors (Lipinski definition) is 6. The molecule has 1 aliphatic carbocycles. The molecular formula is C24H19ClN2O3S. The Hall–Kier alpha value is -2.96. The number of anilines is 2. The maximum atomic E-state index is 13.5. The molecule has 7 heteroatoms. The number of halogens is 1. The van der Waals surface area contributed by atoms with Crippen molar-refractivity contribution >= 4 is 40.1 Å². The second-order valence-electron chi connectivity index (χ2n) is 7.91. The van der Waals surface area contributed by atoms with Crippen LogP contribution in [0.1, 0.15) is 35.2 Å². The van der Waals surface area contributed by atoms with Gasteiger partial charge >= 0.3 is 0 Å². The number of Topliss-reactive ketones (excluding diaryl/α,β-unsaturated/α-hetero) is 1. The molecule has 5 nitrogen and oxygen atoms in total. The lowest BCUT2D eigenvalue weighted by molar-refractivity contribution is -0.116. The predicted octanol–water partition coefficient (Wildman–Crippen LogP) is 6.11. The molecule has 2 atom stereocenters. The van der Waals surface area contributed by atoms with Crippen LogP contribution in [0.25, 0.3) is 0 Å². The molecule has 3 aliphatic rings. The zero-order valence-electron chi connectivity index (χ0n) is 16.5. The minimum atomic E-state index is -0.384. The fraction of sp³-hybridized carbons (Fsp3) is 0.208. The summed E-state index contributed by atoms with van der Waals surface area (Å²) in [4.78, 5) is 14.8. The van der Waals surface area contributed by atoms with Gasteiger partial charge in [0.05, 0.1) is 22.4 Å². The first kappa shape index (κ1) is 18.8. The van der Waals surface area contributed by atoms with Gasteiger partial charge in [-0.2, -0.15) is 0 Å². The third-order valence-corrected chi connectivity index (χ3v) is 7.42. The van der Waals surface area contributed by atoms with E-state index in [0.717, 1.165) is 34.6 Å². The van der Waals surface area contributed by atoms with E-state index < -0.39 is 0 Å². The van der Waals surface area contributed by atoms with Crippen LogP contribution in [0.2, 0.25) is 5.02 Å². The minimum absolute atomic E-state index is 0.131. The molecule has 3 aromatic rings.